The molecule has 0 aliphatic rings. The van der Waals surface area contributed by atoms with Crippen LogP contribution in [0, 0.1) is 0 Å². The van der Waals surface area contributed by atoms with E-state index in [0.29, 0.717) is 21.2 Å². The van der Waals surface area contributed by atoms with Crippen LogP contribution < -0.4 is 0 Å². The van der Waals surface area contributed by atoms with Crippen molar-refractivity contribution < 1.29 is 9.59 Å². The van der Waals surface area contributed by atoms with Crippen LogP contribution in [0.1, 0.15) is 91.8 Å². The second kappa shape index (κ2) is 19.7. The van der Waals surface area contributed by atoms with Crippen molar-refractivity contribution in [1.82, 2.24) is 0 Å². The third-order valence-electron chi connectivity index (χ3n) is 4.86. The number of carbonyl (C=O) groups is 2. The number of benzene rings is 2. The summed E-state index contributed by atoms with van der Waals surface area (Å²) in [6, 6.07) is 13.1. The van der Waals surface area contributed by atoms with E-state index in [1.54, 1.807) is 48.5 Å². The molecule has 0 heterocycles. The summed E-state index contributed by atoms with van der Waals surface area (Å²) in [5.41, 5.74) is 1.02. The van der Waals surface area contributed by atoms with Gasteiger partial charge in [-0.05, 0) is 82.3 Å². The van der Waals surface area contributed by atoms with Gasteiger partial charge in [0.25, 0.3) is 0 Å². The molecular weight excluding hydrogens is 511 g/mol. The van der Waals surface area contributed by atoms with Gasteiger partial charge in [0.05, 0.1) is 0 Å². The van der Waals surface area contributed by atoms with Crippen molar-refractivity contribution in [2.75, 3.05) is 5.75 Å². The maximum atomic E-state index is 11.9. The fraction of sp³-hybridized carbons (Fsp3) is 0.462. The van der Waals surface area contributed by atoms with E-state index in [2.05, 4.69) is 19.6 Å². The Morgan fingerprint density at radius 2 is 0.970 bits per heavy atom. The quantitative estimate of drug-likeness (QED) is 0.163. The average Bonchev–Trinajstić information content (AvgIpc) is 2.82. The molecule has 2 rings (SSSR count). The summed E-state index contributed by atoms with van der Waals surface area (Å²) in [4.78, 5) is 23.7. The van der Waals surface area contributed by atoms with Gasteiger partial charge in [0, 0.05) is 21.2 Å². The van der Waals surface area contributed by atoms with Gasteiger partial charge in [-0.2, -0.15) is 12.6 Å². The first kappa shape index (κ1) is 30.4. The Labute approximate surface area is 222 Å². The Balaban J connectivity index is 0.000000366. The van der Waals surface area contributed by atoms with Crippen LogP contribution in [-0.4, -0.2) is 16.0 Å². The summed E-state index contributed by atoms with van der Waals surface area (Å²) >= 11 is 15.7. The highest BCUT2D eigenvalue weighted by Gasteiger charge is 2.12. The van der Waals surface area contributed by atoms with E-state index in [4.69, 9.17) is 23.2 Å². The van der Waals surface area contributed by atoms with Gasteiger partial charge in [-0.25, -0.2) is 0 Å². The van der Waals surface area contributed by atoms with Crippen molar-refractivity contribution in [2.24, 2.45) is 0 Å². The minimum Gasteiger partial charge on any atom is -0.281 e. The molecule has 0 aliphatic heterocycles. The highest BCUT2D eigenvalue weighted by molar-refractivity contribution is 8.87. The Morgan fingerprint density at radius 3 is 1.30 bits per heavy atom. The van der Waals surface area contributed by atoms with Crippen LogP contribution in [-0.2, 0) is 0 Å². The van der Waals surface area contributed by atoms with Gasteiger partial charge in [-0.1, -0.05) is 87.9 Å². The van der Waals surface area contributed by atoms with Gasteiger partial charge < -0.3 is 0 Å². The minimum absolute atomic E-state index is 0.186. The molecular formula is C26H34Cl2O2S3. The number of hydrogen-bond acceptors (Lipinski definition) is 5. The molecule has 7 heteroatoms. The molecule has 0 fully saturated rings. The number of rotatable bonds is 12. The van der Waals surface area contributed by atoms with Crippen molar-refractivity contribution in [3.8, 4) is 0 Å². The predicted octanol–water partition coefficient (Wildman–Crippen LogP) is 10.2. The van der Waals surface area contributed by atoms with Crippen LogP contribution in [0.3, 0.4) is 0 Å². The highest BCUT2D eigenvalue weighted by atomic mass is 35.5. The third kappa shape index (κ3) is 15.1. The number of unbranched alkanes of at least 4 members (excludes halogenated alkanes) is 9. The first-order valence-corrected chi connectivity index (χ1v) is 15.1. The van der Waals surface area contributed by atoms with Gasteiger partial charge in [-0.15, -0.1) is 0 Å². The van der Waals surface area contributed by atoms with Crippen molar-refractivity contribution >= 4 is 67.6 Å². The Kier molecular flexibility index (Phi) is 18.2. The lowest BCUT2D eigenvalue weighted by molar-refractivity contribution is 0.107. The van der Waals surface area contributed by atoms with E-state index in [0.717, 1.165) is 27.3 Å². The molecule has 0 aliphatic carbocycles. The summed E-state index contributed by atoms with van der Waals surface area (Å²) in [6.07, 6.45) is 14.2. The lowest BCUT2D eigenvalue weighted by Crippen LogP contribution is -1.94. The second-order valence-corrected chi connectivity index (χ2v) is 11.1. The Bertz CT molecular complexity index is 729. The first-order chi connectivity index (χ1) is 16.0. The Morgan fingerprint density at radius 1 is 0.636 bits per heavy atom. The van der Waals surface area contributed by atoms with Crippen LogP contribution in [0.2, 0.25) is 10.0 Å². The molecule has 0 saturated carbocycles. The molecule has 2 aromatic rings. The standard InChI is InChI=1S/C14H8Cl2O2S2.C12H26S/c15-11-5-1-9(2-6-11)13(17)19-20-14(18)10-3-7-12(16)8-4-10;1-2-3-4-5-6-7-8-9-10-11-12-13/h1-8H;13H,2-12H2,1H3. The van der Waals surface area contributed by atoms with E-state index in [9.17, 15) is 9.59 Å². The van der Waals surface area contributed by atoms with E-state index >= 15 is 0 Å². The molecule has 0 N–H and O–H groups in total. The van der Waals surface area contributed by atoms with E-state index < -0.39 is 0 Å². The molecule has 0 atom stereocenters. The van der Waals surface area contributed by atoms with Crippen molar-refractivity contribution in [1.29, 1.82) is 0 Å². The second-order valence-electron chi connectivity index (χ2n) is 7.66. The van der Waals surface area contributed by atoms with Gasteiger partial charge in [0.1, 0.15) is 0 Å². The molecule has 0 radical (unpaired) electrons. The van der Waals surface area contributed by atoms with Gasteiger partial charge in [-0.3, -0.25) is 9.59 Å². The summed E-state index contributed by atoms with van der Waals surface area (Å²) in [5.74, 6) is 1.07. The fourth-order valence-corrected chi connectivity index (χ4v) is 5.07. The molecule has 0 aromatic heterocycles. The largest absolute Gasteiger partial charge is 0.281 e. The third-order valence-corrected chi connectivity index (χ3v) is 7.70. The van der Waals surface area contributed by atoms with Crippen LogP contribution in [0.4, 0.5) is 0 Å². The average molecular weight is 546 g/mol. The molecule has 0 saturated heterocycles. The molecule has 182 valence electrons. The zero-order chi connectivity index (χ0) is 24.3. The number of halogens is 2. The normalized spacial score (nSPS) is 10.4. The Hall–Kier alpha value is -0.590. The molecule has 2 aromatic carbocycles. The zero-order valence-electron chi connectivity index (χ0n) is 19.2. The fourth-order valence-electron chi connectivity index (χ4n) is 2.94. The minimum atomic E-state index is -0.186. The topological polar surface area (TPSA) is 34.1 Å². The van der Waals surface area contributed by atoms with E-state index in [1.807, 2.05) is 0 Å². The summed E-state index contributed by atoms with van der Waals surface area (Å²) in [7, 11) is 1.79. The summed E-state index contributed by atoms with van der Waals surface area (Å²) in [6.45, 7) is 2.28. The van der Waals surface area contributed by atoms with Crippen molar-refractivity contribution in [3.63, 3.8) is 0 Å². The lowest BCUT2D eigenvalue weighted by atomic mass is 10.1. The molecule has 0 unspecified atom stereocenters. The van der Waals surface area contributed by atoms with Gasteiger partial charge in [0.2, 0.25) is 10.2 Å². The van der Waals surface area contributed by atoms with Crippen LogP contribution >= 0.6 is 57.4 Å². The number of carbonyl (C=O) groups excluding carboxylic acids is 2. The van der Waals surface area contributed by atoms with Crippen LogP contribution in [0.25, 0.3) is 0 Å². The van der Waals surface area contributed by atoms with Crippen molar-refractivity contribution in [2.45, 2.75) is 71.1 Å². The predicted molar refractivity (Wildman–Crippen MR) is 152 cm³/mol. The maximum Gasteiger partial charge on any atom is 0.230 e. The van der Waals surface area contributed by atoms with Crippen molar-refractivity contribution in [3.05, 3.63) is 69.7 Å². The van der Waals surface area contributed by atoms with Crippen LogP contribution in [0.5, 0.6) is 0 Å². The van der Waals surface area contributed by atoms with Crippen LogP contribution in [0.15, 0.2) is 48.5 Å². The highest BCUT2D eigenvalue weighted by Crippen LogP contribution is 2.30. The molecule has 0 amide bonds. The first-order valence-electron chi connectivity index (χ1n) is 11.5. The lowest BCUT2D eigenvalue weighted by Gasteiger charge is -2.01. The zero-order valence-corrected chi connectivity index (χ0v) is 23.3. The molecule has 33 heavy (non-hydrogen) atoms. The maximum absolute atomic E-state index is 11.9. The van der Waals surface area contributed by atoms with Gasteiger partial charge in [0.15, 0.2) is 0 Å². The summed E-state index contributed by atoms with van der Waals surface area (Å²) in [5, 5.41) is 0.760. The molecule has 0 spiro atoms. The van der Waals surface area contributed by atoms with E-state index in [1.165, 1.54) is 64.2 Å². The SMILES string of the molecule is CCCCCCCCCCCCS.O=C(SSC(=O)c1ccc(Cl)cc1)c1ccc(Cl)cc1. The number of thiol groups is 1. The molecule has 2 nitrogen and oxygen atoms in total. The summed E-state index contributed by atoms with van der Waals surface area (Å²) < 4.78 is 0. The monoisotopic (exact) mass is 544 g/mol. The smallest absolute Gasteiger partial charge is 0.230 e. The van der Waals surface area contributed by atoms with Gasteiger partial charge >= 0.3 is 0 Å². The van der Waals surface area contributed by atoms with E-state index in [-0.39, 0.29) is 10.2 Å². The molecule has 0 bridgehead atoms. The number of hydrogen-bond donors (Lipinski definition) is 1.